The first-order valence-electron chi connectivity index (χ1n) is 8.82. The van der Waals surface area contributed by atoms with Gasteiger partial charge in [-0.3, -0.25) is 9.89 Å². The number of thiophene rings is 1. The average Bonchev–Trinajstić information content (AvgIpc) is 3.15. The molecule has 1 aromatic rings. The number of guanidine groups is 1. The van der Waals surface area contributed by atoms with E-state index < -0.39 is 0 Å². The fourth-order valence-electron chi connectivity index (χ4n) is 3.00. The molecule has 0 bridgehead atoms. The predicted molar refractivity (Wildman–Crippen MR) is 102 cm³/mol. The summed E-state index contributed by atoms with van der Waals surface area (Å²) < 4.78 is 0. The topological polar surface area (TPSA) is 39.7 Å². The first-order chi connectivity index (χ1) is 11.0. The largest absolute Gasteiger partial charge is 0.357 e. The number of nitrogens with one attached hydrogen (secondary N) is 2. The van der Waals surface area contributed by atoms with E-state index in [1.165, 1.54) is 12.1 Å². The Balaban J connectivity index is 1.94. The van der Waals surface area contributed by atoms with Gasteiger partial charge in [0.25, 0.3) is 0 Å². The predicted octanol–water partition coefficient (Wildman–Crippen LogP) is 3.14. The molecular formula is C18H32N4S. The molecule has 1 aliphatic heterocycles. The molecule has 0 radical (unpaired) electrons. The van der Waals surface area contributed by atoms with Crippen LogP contribution in [0.2, 0.25) is 0 Å². The summed E-state index contributed by atoms with van der Waals surface area (Å²) in [6.45, 7) is 15.2. The minimum atomic E-state index is 0.463. The SMILES string of the molecule is CCNC(=NCC(C)c1ccsc1)NC1CN(C(C)C)CC1C. The Bertz CT molecular complexity index is 483. The lowest BCUT2D eigenvalue weighted by Crippen LogP contribution is -2.47. The van der Waals surface area contributed by atoms with Gasteiger partial charge in [-0.25, -0.2) is 0 Å². The normalized spacial score (nSPS) is 24.2. The van der Waals surface area contributed by atoms with Crippen LogP contribution in [0.1, 0.15) is 46.1 Å². The molecule has 1 saturated heterocycles. The summed E-state index contributed by atoms with van der Waals surface area (Å²) in [4.78, 5) is 7.36. The van der Waals surface area contributed by atoms with Crippen molar-refractivity contribution in [2.45, 2.75) is 52.6 Å². The van der Waals surface area contributed by atoms with Crippen molar-refractivity contribution in [3.63, 3.8) is 0 Å². The van der Waals surface area contributed by atoms with Crippen LogP contribution in [0.3, 0.4) is 0 Å². The van der Waals surface area contributed by atoms with Crippen LogP contribution in [0, 0.1) is 5.92 Å². The van der Waals surface area contributed by atoms with Gasteiger partial charge >= 0.3 is 0 Å². The minimum Gasteiger partial charge on any atom is -0.357 e. The Labute approximate surface area is 145 Å². The molecular weight excluding hydrogens is 304 g/mol. The van der Waals surface area contributed by atoms with Crippen LogP contribution in [-0.4, -0.2) is 49.1 Å². The molecule has 0 aromatic carbocycles. The van der Waals surface area contributed by atoms with Gasteiger partial charge in [-0.1, -0.05) is 13.8 Å². The third-order valence-electron chi connectivity index (χ3n) is 4.67. The van der Waals surface area contributed by atoms with Crippen molar-refractivity contribution < 1.29 is 0 Å². The Kier molecular flexibility index (Phi) is 6.90. The molecule has 3 unspecified atom stereocenters. The van der Waals surface area contributed by atoms with E-state index in [-0.39, 0.29) is 0 Å². The van der Waals surface area contributed by atoms with Crippen LogP contribution >= 0.6 is 11.3 Å². The van der Waals surface area contributed by atoms with Crippen molar-refractivity contribution in [3.05, 3.63) is 22.4 Å². The highest BCUT2D eigenvalue weighted by atomic mass is 32.1. The molecule has 1 fully saturated rings. The molecule has 1 aliphatic rings. The van der Waals surface area contributed by atoms with Gasteiger partial charge in [-0.2, -0.15) is 11.3 Å². The van der Waals surface area contributed by atoms with Crippen LogP contribution in [-0.2, 0) is 0 Å². The summed E-state index contributed by atoms with van der Waals surface area (Å²) in [6.07, 6.45) is 0. The molecule has 4 nitrogen and oxygen atoms in total. The Morgan fingerprint density at radius 3 is 2.74 bits per heavy atom. The first-order valence-corrected chi connectivity index (χ1v) is 9.76. The molecule has 5 heteroatoms. The summed E-state index contributed by atoms with van der Waals surface area (Å²) in [7, 11) is 0. The van der Waals surface area contributed by atoms with Crippen molar-refractivity contribution >= 4 is 17.3 Å². The van der Waals surface area contributed by atoms with Gasteiger partial charge < -0.3 is 10.6 Å². The molecule has 2 heterocycles. The second kappa shape index (κ2) is 8.69. The quantitative estimate of drug-likeness (QED) is 0.619. The number of likely N-dealkylation sites (tertiary alicyclic amines) is 1. The van der Waals surface area contributed by atoms with Crippen molar-refractivity contribution in [1.82, 2.24) is 15.5 Å². The summed E-state index contributed by atoms with van der Waals surface area (Å²) in [5.41, 5.74) is 1.38. The summed E-state index contributed by atoms with van der Waals surface area (Å²) in [5.74, 6) is 2.07. The summed E-state index contributed by atoms with van der Waals surface area (Å²) >= 11 is 1.76. The second-order valence-electron chi connectivity index (χ2n) is 6.95. The van der Waals surface area contributed by atoms with Gasteiger partial charge in [0, 0.05) is 44.2 Å². The highest BCUT2D eigenvalue weighted by Gasteiger charge is 2.31. The molecule has 2 N–H and O–H groups in total. The van der Waals surface area contributed by atoms with E-state index in [2.05, 4.69) is 67.0 Å². The van der Waals surface area contributed by atoms with E-state index in [0.717, 1.165) is 25.6 Å². The molecule has 0 aliphatic carbocycles. The standard InChI is InChI=1S/C18H32N4S/c1-6-19-18(20-9-14(4)16-7-8-23-12-16)21-17-11-22(13(2)3)10-15(17)5/h7-8,12-15,17H,6,9-11H2,1-5H3,(H2,19,20,21). The molecule has 0 amide bonds. The summed E-state index contributed by atoms with van der Waals surface area (Å²) in [6, 6.07) is 3.29. The molecule has 0 saturated carbocycles. The fraction of sp³-hybridized carbons (Fsp3) is 0.722. The van der Waals surface area contributed by atoms with E-state index in [9.17, 15) is 0 Å². The number of hydrogen-bond donors (Lipinski definition) is 2. The van der Waals surface area contributed by atoms with Crippen LogP contribution in [0.25, 0.3) is 0 Å². The Morgan fingerprint density at radius 1 is 1.39 bits per heavy atom. The van der Waals surface area contributed by atoms with Crippen molar-refractivity contribution in [3.8, 4) is 0 Å². The lowest BCUT2D eigenvalue weighted by molar-refractivity contribution is 0.265. The number of hydrogen-bond acceptors (Lipinski definition) is 3. The van der Waals surface area contributed by atoms with E-state index in [1.807, 2.05) is 0 Å². The zero-order valence-electron chi connectivity index (χ0n) is 15.2. The zero-order chi connectivity index (χ0) is 16.8. The Morgan fingerprint density at radius 2 is 2.17 bits per heavy atom. The maximum Gasteiger partial charge on any atom is 0.191 e. The van der Waals surface area contributed by atoms with Gasteiger partial charge in [0.05, 0.1) is 0 Å². The maximum atomic E-state index is 4.82. The fourth-order valence-corrected chi connectivity index (χ4v) is 3.78. The van der Waals surface area contributed by atoms with E-state index >= 15 is 0 Å². The number of aliphatic imine (C=N–C) groups is 1. The highest BCUT2D eigenvalue weighted by Crippen LogP contribution is 2.20. The van der Waals surface area contributed by atoms with Gasteiger partial charge in [-0.05, 0) is 49.1 Å². The molecule has 1 aromatic heterocycles. The van der Waals surface area contributed by atoms with E-state index in [0.29, 0.717) is 23.9 Å². The van der Waals surface area contributed by atoms with E-state index in [4.69, 9.17) is 4.99 Å². The third-order valence-corrected chi connectivity index (χ3v) is 5.37. The smallest absolute Gasteiger partial charge is 0.191 e. The number of nitrogens with zero attached hydrogens (tertiary/aromatic N) is 2. The van der Waals surface area contributed by atoms with Crippen molar-refractivity contribution in [2.75, 3.05) is 26.2 Å². The average molecular weight is 337 g/mol. The summed E-state index contributed by atoms with van der Waals surface area (Å²) in [5, 5.41) is 11.4. The van der Waals surface area contributed by atoms with Gasteiger partial charge in [0.15, 0.2) is 5.96 Å². The lowest BCUT2D eigenvalue weighted by Gasteiger charge is -2.22. The minimum absolute atomic E-state index is 0.463. The van der Waals surface area contributed by atoms with Crippen LogP contribution < -0.4 is 10.6 Å². The third kappa shape index (κ3) is 5.21. The maximum absolute atomic E-state index is 4.82. The van der Waals surface area contributed by atoms with E-state index in [1.54, 1.807) is 11.3 Å². The van der Waals surface area contributed by atoms with Crippen LogP contribution in [0.5, 0.6) is 0 Å². The molecule has 2 rings (SSSR count). The Hall–Kier alpha value is -1.07. The molecule has 0 spiro atoms. The monoisotopic (exact) mass is 336 g/mol. The van der Waals surface area contributed by atoms with Crippen LogP contribution in [0.4, 0.5) is 0 Å². The second-order valence-corrected chi connectivity index (χ2v) is 7.73. The van der Waals surface area contributed by atoms with Crippen LogP contribution in [0.15, 0.2) is 21.8 Å². The zero-order valence-corrected chi connectivity index (χ0v) is 16.0. The highest BCUT2D eigenvalue weighted by molar-refractivity contribution is 7.07. The van der Waals surface area contributed by atoms with Gasteiger partial charge in [0.2, 0.25) is 0 Å². The first kappa shape index (κ1) is 18.3. The lowest BCUT2D eigenvalue weighted by atomic mass is 10.1. The molecule has 130 valence electrons. The van der Waals surface area contributed by atoms with Gasteiger partial charge in [-0.15, -0.1) is 0 Å². The number of rotatable bonds is 6. The van der Waals surface area contributed by atoms with Gasteiger partial charge in [0.1, 0.15) is 0 Å². The van der Waals surface area contributed by atoms with Crippen molar-refractivity contribution in [1.29, 1.82) is 0 Å². The molecule has 3 atom stereocenters. The molecule has 23 heavy (non-hydrogen) atoms. The van der Waals surface area contributed by atoms with Crippen molar-refractivity contribution in [2.24, 2.45) is 10.9 Å².